The monoisotopic (exact) mass is 395 g/mol. The van der Waals surface area contributed by atoms with Gasteiger partial charge in [-0.1, -0.05) is 30.3 Å². The molecule has 6 heteroatoms. The van der Waals surface area contributed by atoms with Gasteiger partial charge in [-0.2, -0.15) is 5.26 Å². The third-order valence-electron chi connectivity index (χ3n) is 4.60. The predicted octanol–water partition coefficient (Wildman–Crippen LogP) is 4.50. The standard InChI is InChI=1S/C24H14FN3O2/c25-18-7-8-20-19(11-18)22(17-4-2-1-3-5-17)23(24(30)28-20)21(29)9-6-15-10-16(12-26)14-27-13-15/h1-11,13-14H,(H,28,30)/b9-6+. The molecule has 0 radical (unpaired) electrons. The van der Waals surface area contributed by atoms with Crippen molar-refractivity contribution in [2.75, 3.05) is 0 Å². The summed E-state index contributed by atoms with van der Waals surface area (Å²) in [6.45, 7) is 0. The van der Waals surface area contributed by atoms with Crippen LogP contribution in [0.5, 0.6) is 0 Å². The summed E-state index contributed by atoms with van der Waals surface area (Å²) in [5, 5.41) is 9.42. The van der Waals surface area contributed by atoms with Crippen molar-refractivity contribution in [1.29, 1.82) is 5.26 Å². The maximum absolute atomic E-state index is 14.0. The SMILES string of the molecule is N#Cc1cncc(/C=C/C(=O)c2c(-c3ccccc3)c3cc(F)ccc3[nH]c2=O)c1. The molecule has 0 aliphatic heterocycles. The summed E-state index contributed by atoms with van der Waals surface area (Å²) in [6, 6.07) is 16.5. The van der Waals surface area contributed by atoms with Crippen LogP contribution in [-0.2, 0) is 0 Å². The number of aromatic amines is 1. The molecule has 0 saturated carbocycles. The number of halogens is 1. The highest BCUT2D eigenvalue weighted by Gasteiger charge is 2.19. The van der Waals surface area contributed by atoms with Crippen LogP contribution in [0.1, 0.15) is 21.5 Å². The fourth-order valence-corrected chi connectivity index (χ4v) is 3.27. The lowest BCUT2D eigenvalue weighted by Crippen LogP contribution is -2.18. The van der Waals surface area contributed by atoms with Crippen LogP contribution in [0.4, 0.5) is 4.39 Å². The first-order chi connectivity index (χ1) is 14.6. The zero-order valence-corrected chi connectivity index (χ0v) is 15.6. The van der Waals surface area contributed by atoms with E-state index in [9.17, 15) is 14.0 Å². The van der Waals surface area contributed by atoms with E-state index < -0.39 is 17.2 Å². The van der Waals surface area contributed by atoms with Gasteiger partial charge in [0.1, 0.15) is 11.9 Å². The summed E-state index contributed by atoms with van der Waals surface area (Å²) in [5.74, 6) is -1.01. The fourth-order valence-electron chi connectivity index (χ4n) is 3.27. The third-order valence-corrected chi connectivity index (χ3v) is 4.60. The van der Waals surface area contributed by atoms with Gasteiger partial charge in [0, 0.05) is 28.9 Å². The van der Waals surface area contributed by atoms with Crippen molar-refractivity contribution in [3.05, 3.63) is 106 Å². The summed E-state index contributed by atoms with van der Waals surface area (Å²) in [6.07, 6.45) is 5.65. The van der Waals surface area contributed by atoms with Gasteiger partial charge < -0.3 is 4.98 Å². The summed E-state index contributed by atoms with van der Waals surface area (Å²) < 4.78 is 14.0. The van der Waals surface area contributed by atoms with E-state index in [4.69, 9.17) is 5.26 Å². The number of H-pyrrole nitrogens is 1. The number of fused-ring (bicyclic) bond motifs is 1. The number of benzene rings is 2. The molecule has 0 amide bonds. The number of aromatic nitrogens is 2. The number of hydrogen-bond donors (Lipinski definition) is 1. The van der Waals surface area contributed by atoms with E-state index in [0.29, 0.717) is 33.2 Å². The van der Waals surface area contributed by atoms with Crippen molar-refractivity contribution >= 4 is 22.8 Å². The van der Waals surface area contributed by atoms with E-state index in [0.717, 1.165) is 0 Å². The molecule has 2 aromatic carbocycles. The summed E-state index contributed by atoms with van der Waals surface area (Å²) in [4.78, 5) is 32.4. The maximum atomic E-state index is 14.0. The molecule has 0 saturated heterocycles. The molecule has 1 N–H and O–H groups in total. The van der Waals surface area contributed by atoms with Crippen LogP contribution in [0.15, 0.2) is 77.9 Å². The van der Waals surface area contributed by atoms with Crippen molar-refractivity contribution in [1.82, 2.24) is 9.97 Å². The van der Waals surface area contributed by atoms with Gasteiger partial charge in [0.05, 0.1) is 11.1 Å². The van der Waals surface area contributed by atoms with Gasteiger partial charge in [-0.3, -0.25) is 14.6 Å². The van der Waals surface area contributed by atoms with Crippen LogP contribution in [0.25, 0.3) is 28.1 Å². The molecule has 0 aliphatic carbocycles. The molecule has 0 bridgehead atoms. The number of ketones is 1. The van der Waals surface area contributed by atoms with Crippen LogP contribution in [0, 0.1) is 17.1 Å². The number of carbonyl (C=O) groups excluding carboxylic acids is 1. The fraction of sp³-hybridized carbons (Fsp3) is 0. The number of nitrogens with zero attached hydrogens (tertiary/aromatic N) is 2. The predicted molar refractivity (Wildman–Crippen MR) is 112 cm³/mol. The van der Waals surface area contributed by atoms with Crippen LogP contribution >= 0.6 is 0 Å². The molecular weight excluding hydrogens is 381 g/mol. The number of hydrogen-bond acceptors (Lipinski definition) is 4. The molecule has 0 spiro atoms. The van der Waals surface area contributed by atoms with E-state index in [1.165, 1.54) is 42.7 Å². The minimum Gasteiger partial charge on any atom is -0.321 e. The van der Waals surface area contributed by atoms with Gasteiger partial charge in [0.25, 0.3) is 5.56 Å². The normalized spacial score (nSPS) is 10.9. The van der Waals surface area contributed by atoms with Crippen molar-refractivity contribution in [3.63, 3.8) is 0 Å². The average Bonchev–Trinajstić information content (AvgIpc) is 2.77. The van der Waals surface area contributed by atoms with Crippen LogP contribution in [0.2, 0.25) is 0 Å². The largest absolute Gasteiger partial charge is 0.321 e. The molecule has 5 nitrogen and oxygen atoms in total. The van der Waals surface area contributed by atoms with E-state index in [1.54, 1.807) is 30.3 Å². The average molecular weight is 395 g/mol. The van der Waals surface area contributed by atoms with Crippen molar-refractivity contribution in [2.24, 2.45) is 0 Å². The molecule has 2 aromatic heterocycles. The Hall–Kier alpha value is -4.37. The van der Waals surface area contributed by atoms with Gasteiger partial charge in [0.2, 0.25) is 0 Å². The van der Waals surface area contributed by atoms with Crippen molar-refractivity contribution in [2.45, 2.75) is 0 Å². The topological polar surface area (TPSA) is 86.6 Å². The Bertz CT molecular complexity index is 1400. The van der Waals surface area contributed by atoms with Crippen molar-refractivity contribution in [3.8, 4) is 17.2 Å². The van der Waals surface area contributed by atoms with Crippen LogP contribution < -0.4 is 5.56 Å². The summed E-state index contributed by atoms with van der Waals surface area (Å²) >= 11 is 0. The van der Waals surface area contributed by atoms with Gasteiger partial charge in [-0.15, -0.1) is 0 Å². The number of rotatable bonds is 4. The summed E-state index contributed by atoms with van der Waals surface area (Å²) in [5.41, 5.74) is 1.69. The number of allylic oxidation sites excluding steroid dienone is 1. The maximum Gasteiger partial charge on any atom is 0.260 e. The molecule has 4 aromatic rings. The van der Waals surface area contributed by atoms with Crippen LogP contribution in [-0.4, -0.2) is 15.8 Å². The lowest BCUT2D eigenvalue weighted by Gasteiger charge is -2.11. The van der Waals surface area contributed by atoms with E-state index in [-0.39, 0.29) is 5.56 Å². The van der Waals surface area contributed by atoms with Gasteiger partial charge in [-0.25, -0.2) is 4.39 Å². The Balaban J connectivity index is 1.90. The zero-order chi connectivity index (χ0) is 21.1. The Kier molecular flexibility index (Phi) is 5.02. The highest BCUT2D eigenvalue weighted by molar-refractivity contribution is 6.15. The van der Waals surface area contributed by atoms with Gasteiger partial charge in [0.15, 0.2) is 5.78 Å². The second-order valence-corrected chi connectivity index (χ2v) is 6.58. The Labute approximate surface area is 170 Å². The van der Waals surface area contributed by atoms with Gasteiger partial charge >= 0.3 is 0 Å². The molecule has 30 heavy (non-hydrogen) atoms. The first-order valence-corrected chi connectivity index (χ1v) is 9.05. The third kappa shape index (κ3) is 3.64. The molecule has 0 fully saturated rings. The number of carbonyl (C=O) groups is 1. The van der Waals surface area contributed by atoms with E-state index >= 15 is 0 Å². The van der Waals surface area contributed by atoms with Crippen molar-refractivity contribution < 1.29 is 9.18 Å². The number of nitriles is 1. The molecule has 0 unspecified atom stereocenters. The zero-order valence-electron chi connectivity index (χ0n) is 15.6. The van der Waals surface area contributed by atoms with Gasteiger partial charge in [-0.05, 0) is 47.5 Å². The molecule has 0 atom stereocenters. The highest BCUT2D eigenvalue weighted by atomic mass is 19.1. The summed E-state index contributed by atoms with van der Waals surface area (Å²) in [7, 11) is 0. The molecule has 144 valence electrons. The Morgan fingerprint density at radius 2 is 1.90 bits per heavy atom. The number of pyridine rings is 2. The first-order valence-electron chi connectivity index (χ1n) is 9.05. The lowest BCUT2D eigenvalue weighted by molar-refractivity contribution is 0.104. The van der Waals surface area contributed by atoms with Crippen LogP contribution in [0.3, 0.4) is 0 Å². The number of nitrogens with one attached hydrogen (secondary N) is 1. The molecular formula is C24H14FN3O2. The first kappa shape index (κ1) is 19.0. The molecule has 0 aliphatic rings. The Morgan fingerprint density at radius 3 is 2.67 bits per heavy atom. The lowest BCUT2D eigenvalue weighted by atomic mass is 9.94. The van der Waals surface area contributed by atoms with E-state index in [2.05, 4.69) is 9.97 Å². The quantitative estimate of drug-likeness (QED) is 0.407. The molecule has 2 heterocycles. The highest BCUT2D eigenvalue weighted by Crippen LogP contribution is 2.30. The Morgan fingerprint density at radius 1 is 1.10 bits per heavy atom. The smallest absolute Gasteiger partial charge is 0.260 e. The van der Waals surface area contributed by atoms with E-state index in [1.807, 2.05) is 12.1 Å². The minimum absolute atomic E-state index is 0.0834. The molecule has 4 rings (SSSR count). The second-order valence-electron chi connectivity index (χ2n) is 6.58. The second kappa shape index (κ2) is 7.94. The minimum atomic E-state index is -0.563.